The second-order valence-electron chi connectivity index (χ2n) is 30.8. The fourth-order valence-corrected chi connectivity index (χ4v) is 18.5. The Balaban J connectivity index is 0.000000140. The lowest BCUT2D eigenvalue weighted by molar-refractivity contribution is -0.128. The predicted molar refractivity (Wildman–Crippen MR) is 419 cm³/mol. The van der Waals surface area contributed by atoms with Gasteiger partial charge in [0.05, 0.1) is 23.2 Å². The van der Waals surface area contributed by atoms with Crippen LogP contribution in [0.1, 0.15) is 274 Å². The number of piperidine rings is 3. The Kier molecular flexibility index (Phi) is 25.4. The molecule has 8 aromatic rings. The smallest absolute Gasteiger partial charge is 0.282 e. The van der Waals surface area contributed by atoms with Gasteiger partial charge in [0, 0.05) is 153 Å². The van der Waals surface area contributed by atoms with Crippen molar-refractivity contribution < 1.29 is 29.7 Å². The first-order valence-corrected chi connectivity index (χ1v) is 41.3. The van der Waals surface area contributed by atoms with E-state index in [0.29, 0.717) is 82.6 Å². The molecule has 6 N–H and O–H groups in total. The summed E-state index contributed by atoms with van der Waals surface area (Å²) in [6, 6.07) is 5.88. The molecule has 0 unspecified atom stereocenters. The number of nitrogens with one attached hydrogen (secondary N) is 3. The molecule has 0 aromatic carbocycles. The maximum absolute atomic E-state index is 12.8. The van der Waals surface area contributed by atoms with Crippen molar-refractivity contribution in [3.63, 3.8) is 0 Å². The molecule has 15 rings (SSSR count). The summed E-state index contributed by atoms with van der Waals surface area (Å²) in [6.07, 6.45) is 41.5. The number of fused-ring (bicyclic) bond motifs is 3. The first-order valence-electron chi connectivity index (χ1n) is 39.6. The third-order valence-corrected chi connectivity index (χ3v) is 24.8. The van der Waals surface area contributed by atoms with Crippen LogP contribution in [-0.4, -0.2) is 178 Å². The number of aliphatic hydroxyl groups excluding tert-OH is 3. The van der Waals surface area contributed by atoms with E-state index in [4.69, 9.17) is 19.9 Å². The van der Waals surface area contributed by atoms with E-state index in [-0.39, 0.29) is 36.0 Å². The minimum Gasteiger partial charge on any atom is -0.393 e. The van der Waals surface area contributed by atoms with E-state index >= 15 is 0 Å². The standard InChI is InChI=1S/C27H38N6O2.C27H37N5O2S.C26H36N6O2S/c1-3-5-18(2)30-27-29-16-22-23(17-33(25(22)31-27)20-7-9-21(34)10-8-20)19-11-14-32(15-12-19)26(35)24-6-4-13-28-24;1-3-5-18(2)29-27-28-16-22-23(17-32(25(22)30-27)20-7-9-21(33)10-8-20)19-11-13-31(14-12-19)26(34)24-6-4-15-35-24;1-3-4-17(2)29-26-28-15-21-22(16-32(23(21)30-26)19-5-7-20(33)8-6-19)18-9-12-31(13-10-18)25(34)24-27-11-14-35-24/h6,13,16-21,34H,3-5,7-12,14-15H2,1-2H3,(H,29,30,31);4,6,15-21,33H,3,5,7-14H2,1-2H3,(H,28,29,30);11,14-20,33H,3-10,12-13H2,1-2H3,(H,28,29,30)/t2*18-,20?,21?;17-,19?,20?/m000/s1. The number of aliphatic imine (C=N–C) groups is 1. The molecule has 3 atom stereocenters. The summed E-state index contributed by atoms with van der Waals surface area (Å²) in [6.45, 7) is 17.6. The van der Waals surface area contributed by atoms with Gasteiger partial charge in [-0.25, -0.2) is 19.9 Å². The molecule has 0 spiro atoms. The van der Waals surface area contributed by atoms with Gasteiger partial charge >= 0.3 is 0 Å². The molecule has 7 aliphatic rings. The summed E-state index contributed by atoms with van der Waals surface area (Å²) in [5.41, 5.74) is 7.47. The number of hydrogen-bond acceptors (Lipinski definition) is 19. The molecule has 564 valence electrons. The largest absolute Gasteiger partial charge is 0.393 e. The van der Waals surface area contributed by atoms with Gasteiger partial charge in [-0.3, -0.25) is 19.4 Å². The highest BCUT2D eigenvalue weighted by Gasteiger charge is 2.35. The average molecular weight is 1470 g/mol. The normalized spacial score (nSPS) is 23.0. The van der Waals surface area contributed by atoms with E-state index in [1.807, 2.05) is 62.3 Å². The summed E-state index contributed by atoms with van der Waals surface area (Å²) in [7, 11) is 0. The lowest BCUT2D eigenvalue weighted by Gasteiger charge is -2.32. The Bertz CT molecular complexity index is 4040. The number of amides is 3. The lowest BCUT2D eigenvalue weighted by atomic mass is 9.89. The van der Waals surface area contributed by atoms with Crippen molar-refractivity contribution in [2.24, 2.45) is 4.99 Å². The van der Waals surface area contributed by atoms with Crippen LogP contribution >= 0.6 is 22.7 Å². The molecule has 3 saturated carbocycles. The fraction of sp³-hybridized carbons (Fsp3) is 0.613. The second kappa shape index (κ2) is 35.3. The molecule has 25 heteroatoms. The van der Waals surface area contributed by atoms with Gasteiger partial charge in [0.15, 0.2) is 5.01 Å². The van der Waals surface area contributed by atoms with Gasteiger partial charge in [-0.1, -0.05) is 46.1 Å². The van der Waals surface area contributed by atoms with E-state index in [1.165, 1.54) is 39.4 Å². The second-order valence-corrected chi connectivity index (χ2v) is 32.7. The maximum atomic E-state index is 12.8. The third kappa shape index (κ3) is 18.1. The Morgan fingerprint density at radius 1 is 0.476 bits per heavy atom. The van der Waals surface area contributed by atoms with Crippen LogP contribution < -0.4 is 16.0 Å². The Hall–Kier alpha value is -7.71. The quantitative estimate of drug-likeness (QED) is 0.0390. The molecule has 23 nitrogen and oxygen atoms in total. The summed E-state index contributed by atoms with van der Waals surface area (Å²) < 4.78 is 7.06. The number of carbonyl (C=O) groups excluding carboxylic acids is 3. The van der Waals surface area contributed by atoms with Gasteiger partial charge < -0.3 is 59.7 Å². The molecule has 0 radical (unpaired) electrons. The molecule has 105 heavy (non-hydrogen) atoms. The van der Waals surface area contributed by atoms with Crippen molar-refractivity contribution in [1.29, 1.82) is 0 Å². The van der Waals surface area contributed by atoms with Crippen LogP contribution in [0.4, 0.5) is 17.8 Å². The average Bonchev–Trinajstić information content (AvgIpc) is 1.62. The third-order valence-electron chi connectivity index (χ3n) is 23.2. The first-order chi connectivity index (χ1) is 51.1. The highest BCUT2D eigenvalue weighted by molar-refractivity contribution is 7.12. The van der Waals surface area contributed by atoms with Crippen LogP contribution in [0.2, 0.25) is 0 Å². The minimum absolute atomic E-state index is 0.0434. The Morgan fingerprint density at radius 2 is 0.848 bits per heavy atom. The highest BCUT2D eigenvalue weighted by atomic mass is 32.1. The molecule has 3 saturated heterocycles. The number of allylic oxidation sites excluding steroid dienone is 1. The number of aliphatic hydroxyl groups is 3. The van der Waals surface area contributed by atoms with Crippen LogP contribution in [0.3, 0.4) is 0 Å². The molecule has 3 amide bonds. The van der Waals surface area contributed by atoms with Crippen molar-refractivity contribution in [3.8, 4) is 0 Å². The molecule has 3 aliphatic carbocycles. The topological polar surface area (TPSA) is 275 Å². The molecule has 0 bridgehead atoms. The molecular weight excluding hydrogens is 1360 g/mol. The first kappa shape index (κ1) is 75.5. The highest BCUT2D eigenvalue weighted by Crippen LogP contribution is 2.43. The van der Waals surface area contributed by atoms with Gasteiger partial charge in [-0.2, -0.15) is 15.0 Å². The van der Waals surface area contributed by atoms with Crippen molar-refractivity contribution in [2.45, 2.75) is 274 Å². The zero-order chi connectivity index (χ0) is 73.1. The number of nitrogens with zero attached hydrogens (tertiary/aromatic N) is 14. The van der Waals surface area contributed by atoms with Crippen LogP contribution in [0.5, 0.6) is 0 Å². The zero-order valence-electron chi connectivity index (χ0n) is 62.5. The Morgan fingerprint density at radius 3 is 1.17 bits per heavy atom. The SMILES string of the molecule is CCC[C@H](C)Nc1ncc2c(C3CCN(C(=O)C4=CCC=N4)CC3)cn(C3CCC(O)CC3)c2n1.CCC[C@H](C)Nc1ncc2c(C3CCN(C(=O)c4cccs4)CC3)cn(C3CCC(O)CC3)c2n1.CCC[C@H](C)Nc1ncc2c(C3CCN(C(=O)c4nccs4)CC3)cn(C3CCC(O)CC3)c2n1. The van der Waals surface area contributed by atoms with Crippen molar-refractivity contribution in [3.05, 3.63) is 105 Å². The number of carbonyl (C=O) groups is 3. The van der Waals surface area contributed by atoms with E-state index in [9.17, 15) is 29.7 Å². The predicted octanol–water partition coefficient (Wildman–Crippen LogP) is 15.1. The maximum Gasteiger partial charge on any atom is 0.282 e. The van der Waals surface area contributed by atoms with E-state index in [1.54, 1.807) is 12.4 Å². The van der Waals surface area contributed by atoms with Crippen molar-refractivity contribution >= 4 is 97.6 Å². The molecular formula is C80H111N17O6S2. The number of hydrogen-bond donors (Lipinski definition) is 6. The molecule has 12 heterocycles. The van der Waals surface area contributed by atoms with Crippen LogP contribution in [0, 0.1) is 0 Å². The minimum atomic E-state index is -0.186. The summed E-state index contributed by atoms with van der Waals surface area (Å²) in [5, 5.41) is 48.3. The number of likely N-dealkylation sites (tertiary alicyclic amines) is 3. The summed E-state index contributed by atoms with van der Waals surface area (Å²) >= 11 is 2.92. The number of thiazole rings is 1. The summed E-state index contributed by atoms with van der Waals surface area (Å²) in [4.78, 5) is 82.5. The van der Waals surface area contributed by atoms with Crippen molar-refractivity contribution in [2.75, 3.05) is 55.2 Å². The molecule has 8 aromatic heterocycles. The van der Waals surface area contributed by atoms with Gasteiger partial charge in [0.25, 0.3) is 17.7 Å². The fourth-order valence-electron chi connectivity index (χ4n) is 17.2. The Labute approximate surface area is 626 Å². The molecule has 6 fully saturated rings. The van der Waals surface area contributed by atoms with E-state index in [0.717, 1.165) is 238 Å². The number of rotatable bonds is 21. The van der Waals surface area contributed by atoms with Crippen LogP contribution in [0.15, 0.2) is 83.0 Å². The molecule has 4 aliphatic heterocycles. The van der Waals surface area contributed by atoms with Crippen LogP contribution in [-0.2, 0) is 4.79 Å². The monoisotopic (exact) mass is 1470 g/mol. The zero-order valence-corrected chi connectivity index (χ0v) is 64.1. The van der Waals surface area contributed by atoms with Gasteiger partial charge in [-0.15, -0.1) is 22.7 Å². The number of anilines is 3. The van der Waals surface area contributed by atoms with Gasteiger partial charge in [0.1, 0.15) is 22.6 Å². The number of aromatic nitrogens is 10. The van der Waals surface area contributed by atoms with Crippen LogP contribution in [0.25, 0.3) is 33.1 Å². The lowest BCUT2D eigenvalue weighted by Crippen LogP contribution is -2.38. The van der Waals surface area contributed by atoms with Gasteiger partial charge in [0.2, 0.25) is 17.8 Å². The number of thiophene rings is 1. The van der Waals surface area contributed by atoms with E-state index < -0.39 is 0 Å². The van der Waals surface area contributed by atoms with Gasteiger partial charge in [-0.05, 0) is 208 Å². The van der Waals surface area contributed by atoms with E-state index in [2.05, 4.69) is 110 Å². The van der Waals surface area contributed by atoms with Crippen molar-refractivity contribution in [1.82, 2.24) is 63.3 Å². The summed E-state index contributed by atoms with van der Waals surface area (Å²) in [5.74, 6) is 3.45.